The predicted octanol–water partition coefficient (Wildman–Crippen LogP) is 3.63. The van der Waals surface area contributed by atoms with Crippen molar-refractivity contribution < 1.29 is 23.7 Å². The Morgan fingerprint density at radius 1 is 0.913 bits per heavy atom. The number of rotatable bonds is 6. The molecule has 0 amide bonds. The molecule has 0 fully saturated rings. The predicted molar refractivity (Wildman–Crippen MR) is 86.9 cm³/mol. The second kappa shape index (κ2) is 7.54. The van der Waals surface area contributed by atoms with Gasteiger partial charge in [0.1, 0.15) is 0 Å². The Labute approximate surface area is 135 Å². The van der Waals surface area contributed by atoms with Gasteiger partial charge in [-0.3, -0.25) is 0 Å². The molecule has 0 unspecified atom stereocenters. The third kappa shape index (κ3) is 3.94. The molecule has 0 bridgehead atoms. The van der Waals surface area contributed by atoms with E-state index in [4.69, 9.17) is 18.9 Å². The van der Waals surface area contributed by atoms with E-state index in [1.807, 2.05) is 19.9 Å². The smallest absolute Gasteiger partial charge is 0.343 e. The summed E-state index contributed by atoms with van der Waals surface area (Å²) >= 11 is 0. The van der Waals surface area contributed by atoms with Crippen molar-refractivity contribution in [3.05, 3.63) is 47.5 Å². The molecule has 0 heterocycles. The van der Waals surface area contributed by atoms with Gasteiger partial charge in [-0.1, -0.05) is 6.07 Å². The van der Waals surface area contributed by atoms with Crippen LogP contribution in [0.5, 0.6) is 23.0 Å². The maximum absolute atomic E-state index is 12.3. The molecule has 5 heteroatoms. The van der Waals surface area contributed by atoms with Gasteiger partial charge < -0.3 is 18.9 Å². The van der Waals surface area contributed by atoms with Crippen LogP contribution in [-0.4, -0.2) is 26.8 Å². The molecule has 0 aliphatic carbocycles. The fraction of sp³-hybridized carbons (Fsp3) is 0.278. The SMILES string of the molecule is CCOc1ccc(C(=O)Oc2ccc(C)cc2OC)cc1OC. The zero-order valence-corrected chi connectivity index (χ0v) is 13.7. The van der Waals surface area contributed by atoms with Crippen molar-refractivity contribution >= 4 is 5.97 Å². The van der Waals surface area contributed by atoms with E-state index in [0.29, 0.717) is 35.2 Å². The summed E-state index contributed by atoms with van der Waals surface area (Å²) in [5, 5.41) is 0. The molecule has 0 N–H and O–H groups in total. The average Bonchev–Trinajstić information content (AvgIpc) is 2.56. The number of ether oxygens (including phenoxy) is 4. The van der Waals surface area contributed by atoms with Crippen LogP contribution in [0.15, 0.2) is 36.4 Å². The molecule has 23 heavy (non-hydrogen) atoms. The van der Waals surface area contributed by atoms with Crippen LogP contribution in [0.25, 0.3) is 0 Å². The van der Waals surface area contributed by atoms with E-state index in [0.717, 1.165) is 5.56 Å². The highest BCUT2D eigenvalue weighted by atomic mass is 16.6. The maximum atomic E-state index is 12.3. The number of esters is 1. The van der Waals surface area contributed by atoms with Crippen molar-refractivity contribution in [2.75, 3.05) is 20.8 Å². The number of benzene rings is 2. The minimum atomic E-state index is -0.492. The molecule has 122 valence electrons. The number of methoxy groups -OCH3 is 2. The standard InChI is InChI=1S/C18H20O5/c1-5-22-14-9-7-13(11-17(14)21-4)18(19)23-15-8-6-12(2)10-16(15)20-3/h6-11H,5H2,1-4H3. The fourth-order valence-electron chi connectivity index (χ4n) is 2.09. The first kappa shape index (κ1) is 16.7. The molecule has 0 aromatic heterocycles. The summed E-state index contributed by atoms with van der Waals surface area (Å²) in [7, 11) is 3.06. The molecule has 2 rings (SSSR count). The Balaban J connectivity index is 2.24. The van der Waals surface area contributed by atoms with Crippen molar-refractivity contribution in [1.29, 1.82) is 0 Å². The lowest BCUT2D eigenvalue weighted by Crippen LogP contribution is -2.10. The Kier molecular flexibility index (Phi) is 5.46. The molecule has 0 spiro atoms. The first-order valence-electron chi connectivity index (χ1n) is 7.26. The Morgan fingerprint density at radius 2 is 1.57 bits per heavy atom. The number of hydrogen-bond donors (Lipinski definition) is 0. The van der Waals surface area contributed by atoms with E-state index in [1.54, 1.807) is 30.3 Å². The largest absolute Gasteiger partial charge is 0.493 e. The van der Waals surface area contributed by atoms with Crippen LogP contribution >= 0.6 is 0 Å². The lowest BCUT2D eigenvalue weighted by molar-refractivity contribution is 0.0729. The van der Waals surface area contributed by atoms with E-state index >= 15 is 0 Å². The number of aryl methyl sites for hydroxylation is 1. The molecule has 2 aromatic carbocycles. The van der Waals surface area contributed by atoms with E-state index in [-0.39, 0.29) is 0 Å². The molecule has 5 nitrogen and oxygen atoms in total. The summed E-state index contributed by atoms with van der Waals surface area (Å²) in [6.45, 7) is 4.33. The monoisotopic (exact) mass is 316 g/mol. The van der Waals surface area contributed by atoms with E-state index in [9.17, 15) is 4.79 Å². The van der Waals surface area contributed by atoms with E-state index < -0.39 is 5.97 Å². The molecule has 0 saturated carbocycles. The summed E-state index contributed by atoms with van der Waals surface area (Å²) in [5.41, 5.74) is 1.39. The number of carbonyl (C=O) groups is 1. The van der Waals surface area contributed by atoms with Crippen LogP contribution in [0.2, 0.25) is 0 Å². The van der Waals surface area contributed by atoms with Crippen LogP contribution in [-0.2, 0) is 0 Å². The number of carbonyl (C=O) groups excluding carboxylic acids is 1. The summed E-state index contributed by atoms with van der Waals surface area (Å²) in [6, 6.07) is 10.3. The van der Waals surface area contributed by atoms with Gasteiger partial charge >= 0.3 is 5.97 Å². The topological polar surface area (TPSA) is 54.0 Å². The second-order valence-electron chi connectivity index (χ2n) is 4.84. The van der Waals surface area contributed by atoms with Crippen LogP contribution in [0, 0.1) is 6.92 Å². The average molecular weight is 316 g/mol. The zero-order chi connectivity index (χ0) is 16.8. The van der Waals surface area contributed by atoms with Crippen molar-refractivity contribution in [2.24, 2.45) is 0 Å². The van der Waals surface area contributed by atoms with Crippen LogP contribution in [0.4, 0.5) is 0 Å². The minimum absolute atomic E-state index is 0.368. The molecule has 2 aromatic rings. The first-order chi connectivity index (χ1) is 11.1. The molecule has 0 aliphatic heterocycles. The summed E-state index contributed by atoms with van der Waals surface area (Å²) in [5.74, 6) is 1.46. The third-order valence-electron chi connectivity index (χ3n) is 3.22. The van der Waals surface area contributed by atoms with Gasteiger partial charge in [0.25, 0.3) is 0 Å². The Bertz CT molecular complexity index is 694. The summed E-state index contributed by atoms with van der Waals surface area (Å²) < 4.78 is 21.3. The van der Waals surface area contributed by atoms with E-state index in [2.05, 4.69) is 0 Å². The highest BCUT2D eigenvalue weighted by molar-refractivity contribution is 5.92. The van der Waals surface area contributed by atoms with Gasteiger partial charge in [0.2, 0.25) is 0 Å². The molecule has 0 aliphatic rings. The lowest BCUT2D eigenvalue weighted by atomic mass is 10.2. The maximum Gasteiger partial charge on any atom is 0.343 e. The van der Waals surface area contributed by atoms with Gasteiger partial charge in [0.15, 0.2) is 23.0 Å². The summed E-state index contributed by atoms with van der Waals surface area (Å²) in [6.07, 6.45) is 0. The highest BCUT2D eigenvalue weighted by Gasteiger charge is 2.15. The van der Waals surface area contributed by atoms with Crippen molar-refractivity contribution in [3.63, 3.8) is 0 Å². The quantitative estimate of drug-likeness (QED) is 0.602. The molecule has 0 radical (unpaired) electrons. The van der Waals surface area contributed by atoms with Gasteiger partial charge in [-0.2, -0.15) is 0 Å². The lowest BCUT2D eigenvalue weighted by Gasteiger charge is -2.12. The highest BCUT2D eigenvalue weighted by Crippen LogP contribution is 2.31. The van der Waals surface area contributed by atoms with Crippen LogP contribution in [0.1, 0.15) is 22.8 Å². The molecule has 0 atom stereocenters. The van der Waals surface area contributed by atoms with Crippen LogP contribution in [0.3, 0.4) is 0 Å². The Hall–Kier alpha value is -2.69. The molecule has 0 saturated heterocycles. The molecular formula is C18H20O5. The first-order valence-corrected chi connectivity index (χ1v) is 7.26. The Morgan fingerprint density at radius 3 is 2.22 bits per heavy atom. The normalized spacial score (nSPS) is 10.1. The summed E-state index contributed by atoms with van der Waals surface area (Å²) in [4.78, 5) is 12.3. The third-order valence-corrected chi connectivity index (χ3v) is 3.22. The van der Waals surface area contributed by atoms with E-state index in [1.165, 1.54) is 14.2 Å². The number of hydrogen-bond acceptors (Lipinski definition) is 5. The second-order valence-corrected chi connectivity index (χ2v) is 4.84. The van der Waals surface area contributed by atoms with Gasteiger partial charge in [0.05, 0.1) is 26.4 Å². The van der Waals surface area contributed by atoms with Gasteiger partial charge in [0, 0.05) is 0 Å². The van der Waals surface area contributed by atoms with Crippen molar-refractivity contribution in [2.45, 2.75) is 13.8 Å². The van der Waals surface area contributed by atoms with Gasteiger partial charge in [-0.25, -0.2) is 4.79 Å². The molecular weight excluding hydrogens is 296 g/mol. The van der Waals surface area contributed by atoms with Crippen LogP contribution < -0.4 is 18.9 Å². The zero-order valence-electron chi connectivity index (χ0n) is 13.7. The van der Waals surface area contributed by atoms with Gasteiger partial charge in [-0.05, 0) is 49.7 Å². The van der Waals surface area contributed by atoms with Gasteiger partial charge in [-0.15, -0.1) is 0 Å². The fourth-order valence-corrected chi connectivity index (χ4v) is 2.09. The van der Waals surface area contributed by atoms with Crippen molar-refractivity contribution in [1.82, 2.24) is 0 Å². The van der Waals surface area contributed by atoms with Crippen molar-refractivity contribution in [3.8, 4) is 23.0 Å². The minimum Gasteiger partial charge on any atom is -0.493 e.